The molecule has 5 nitrogen and oxygen atoms in total. The molecule has 5 heteroatoms. The van der Waals surface area contributed by atoms with Crippen LogP contribution in [0.15, 0.2) is 60.9 Å². The molecule has 1 aromatic rings. The van der Waals surface area contributed by atoms with Gasteiger partial charge in [0.1, 0.15) is 6.79 Å². The van der Waals surface area contributed by atoms with E-state index in [9.17, 15) is 0 Å². The minimum atomic E-state index is 0.573. The van der Waals surface area contributed by atoms with Crippen molar-refractivity contribution < 1.29 is 14.6 Å². The van der Waals surface area contributed by atoms with Gasteiger partial charge in [0.2, 0.25) is 0 Å². The van der Waals surface area contributed by atoms with Crippen molar-refractivity contribution in [1.82, 2.24) is 4.90 Å². The first kappa shape index (κ1) is 32.2. The number of rotatable bonds is 7. The van der Waals surface area contributed by atoms with E-state index in [1.807, 2.05) is 55.1 Å². The quantitative estimate of drug-likeness (QED) is 0.216. The fourth-order valence-electron chi connectivity index (χ4n) is 2.69. The van der Waals surface area contributed by atoms with Gasteiger partial charge in [-0.05, 0) is 31.9 Å². The monoisotopic (exact) mass is 448 g/mol. The number of carbonyl (C=O) groups is 1. The second-order valence-corrected chi connectivity index (χ2v) is 8.01. The molecule has 1 aromatic carbocycles. The van der Waals surface area contributed by atoms with E-state index < -0.39 is 0 Å². The summed E-state index contributed by atoms with van der Waals surface area (Å²) in [6.07, 6.45) is 16.9. The Bertz CT molecular complexity index is 482. The third-order valence-electron chi connectivity index (χ3n) is 5.21. The van der Waals surface area contributed by atoms with Crippen LogP contribution in [0.25, 0.3) is 0 Å². The largest absolute Gasteiger partial charge is 0.515 e. The number of aliphatic hydroxyl groups is 1. The van der Waals surface area contributed by atoms with Crippen LogP contribution in [-0.2, 0) is 9.53 Å². The van der Waals surface area contributed by atoms with Crippen LogP contribution in [0, 0.1) is 5.92 Å². The van der Waals surface area contributed by atoms with E-state index in [0.717, 1.165) is 24.4 Å². The summed E-state index contributed by atoms with van der Waals surface area (Å²) in [5, 5.41) is 8.10. The average Bonchev–Trinajstić information content (AvgIpc) is 2.84. The van der Waals surface area contributed by atoms with Gasteiger partial charge in [0.05, 0.1) is 13.0 Å². The minimum Gasteiger partial charge on any atom is -0.515 e. The molecule has 2 fully saturated rings. The van der Waals surface area contributed by atoms with Gasteiger partial charge >= 0.3 is 0 Å². The van der Waals surface area contributed by atoms with E-state index in [-0.39, 0.29) is 0 Å². The zero-order valence-corrected chi connectivity index (χ0v) is 20.6. The van der Waals surface area contributed by atoms with Crippen LogP contribution in [0.3, 0.4) is 0 Å². The fraction of sp³-hybridized carbons (Fsp3) is 0.593. The molecule has 3 rings (SSSR count). The summed E-state index contributed by atoms with van der Waals surface area (Å²) < 4.78 is 5.53. The molecule has 0 amide bonds. The van der Waals surface area contributed by atoms with Crippen molar-refractivity contribution in [1.29, 1.82) is 0 Å². The number of hydrogen-bond donors (Lipinski definition) is 2. The van der Waals surface area contributed by atoms with Crippen molar-refractivity contribution in [2.75, 3.05) is 27.1 Å². The number of hydrogen-bond acceptors (Lipinski definition) is 5. The molecule has 0 spiro atoms. The number of nitrogens with zero attached hydrogens (tertiary/aromatic N) is 1. The highest BCUT2D eigenvalue weighted by Crippen LogP contribution is 2.26. The van der Waals surface area contributed by atoms with Gasteiger partial charge in [-0.1, -0.05) is 107 Å². The van der Waals surface area contributed by atoms with Gasteiger partial charge in [-0.3, -0.25) is 4.90 Å². The van der Waals surface area contributed by atoms with Crippen LogP contribution in [0.2, 0.25) is 0 Å². The Balaban J connectivity index is 0. The number of carbonyl (C=O) groups excluding carboxylic acids is 1. The van der Waals surface area contributed by atoms with Crippen LogP contribution in [0.5, 0.6) is 0 Å². The van der Waals surface area contributed by atoms with Crippen LogP contribution >= 0.6 is 0 Å². The molecule has 3 N–H and O–H groups in total. The van der Waals surface area contributed by atoms with Gasteiger partial charge in [0, 0.05) is 13.3 Å². The molecule has 0 aromatic heterocycles. The smallest absolute Gasteiger partial charge is 0.106 e. The molecule has 0 bridgehead atoms. The van der Waals surface area contributed by atoms with Crippen molar-refractivity contribution in [3.63, 3.8) is 0 Å². The molecule has 0 unspecified atom stereocenters. The Hall–Kier alpha value is -1.95. The van der Waals surface area contributed by atoms with Crippen molar-refractivity contribution in [3.05, 3.63) is 60.9 Å². The van der Waals surface area contributed by atoms with Gasteiger partial charge in [-0.15, -0.1) is 0 Å². The summed E-state index contributed by atoms with van der Waals surface area (Å²) >= 11 is 0. The van der Waals surface area contributed by atoms with Gasteiger partial charge < -0.3 is 20.4 Å². The van der Waals surface area contributed by atoms with E-state index in [4.69, 9.17) is 20.4 Å². The fourth-order valence-corrected chi connectivity index (χ4v) is 2.69. The Morgan fingerprint density at radius 3 is 1.75 bits per heavy atom. The number of aliphatic hydroxyl groups excluding tert-OH is 1. The SMILES string of the molecule is C1CCC1.C=C/C(C)=C\O.C=O.CN(CN)COCCC1CCCCC1.c1ccccc1. The standard InChI is InChI=1S/C11H24N2O.C6H6.C5H8O.C4H8.CH2O/c1-13(9-12)10-14-8-7-11-5-3-2-4-6-11;1-2-4-6-5-3-1;1-3-5(2)4-6;1-2-4-3-1;1-2/h11H,2-10,12H2,1H3;1-6H;3-4,6H,1H2,2H3;1-4H2;1H2/b;;5-4-;;. The van der Waals surface area contributed by atoms with Crippen molar-refractivity contribution in [3.8, 4) is 0 Å². The first-order chi connectivity index (χ1) is 15.6. The Labute approximate surface area is 197 Å². The summed E-state index contributed by atoms with van der Waals surface area (Å²) in [5.41, 5.74) is 6.23. The summed E-state index contributed by atoms with van der Waals surface area (Å²) in [5.74, 6) is 0.923. The van der Waals surface area contributed by atoms with Crippen LogP contribution < -0.4 is 5.73 Å². The predicted octanol–water partition coefficient (Wildman–Crippen LogP) is 6.48. The van der Waals surface area contributed by atoms with Crippen molar-refractivity contribution in [2.45, 2.75) is 71.1 Å². The topological polar surface area (TPSA) is 75.8 Å². The summed E-state index contributed by atoms with van der Waals surface area (Å²) in [6.45, 7) is 9.31. The Kier molecular flexibility index (Phi) is 27.3. The van der Waals surface area contributed by atoms with E-state index >= 15 is 0 Å². The van der Waals surface area contributed by atoms with Gasteiger partial charge in [0.15, 0.2) is 0 Å². The lowest BCUT2D eigenvalue weighted by Gasteiger charge is -2.22. The summed E-state index contributed by atoms with van der Waals surface area (Å²) in [4.78, 5) is 9.97. The van der Waals surface area contributed by atoms with Crippen LogP contribution in [0.1, 0.15) is 71.1 Å². The molecular weight excluding hydrogens is 400 g/mol. The molecule has 184 valence electrons. The highest BCUT2D eigenvalue weighted by molar-refractivity contribution is 5.11. The van der Waals surface area contributed by atoms with Gasteiger partial charge in [0.25, 0.3) is 0 Å². The molecule has 2 aliphatic carbocycles. The summed E-state index contributed by atoms with van der Waals surface area (Å²) in [7, 11) is 1.97. The Morgan fingerprint density at radius 1 is 1.00 bits per heavy atom. The van der Waals surface area contributed by atoms with E-state index in [1.165, 1.54) is 64.2 Å². The number of allylic oxidation sites excluding steroid dienone is 2. The number of ether oxygens (including phenoxy) is 1. The summed E-state index contributed by atoms with van der Waals surface area (Å²) in [6, 6.07) is 12.0. The minimum absolute atomic E-state index is 0.573. The highest BCUT2D eigenvalue weighted by Gasteiger charge is 2.12. The molecule has 0 radical (unpaired) electrons. The third kappa shape index (κ3) is 24.3. The zero-order chi connectivity index (χ0) is 24.3. The van der Waals surface area contributed by atoms with Gasteiger partial charge in [-0.2, -0.15) is 0 Å². The van der Waals surface area contributed by atoms with Crippen molar-refractivity contribution in [2.24, 2.45) is 11.7 Å². The second-order valence-electron chi connectivity index (χ2n) is 8.01. The highest BCUT2D eigenvalue weighted by atomic mass is 16.5. The average molecular weight is 449 g/mol. The number of nitrogens with two attached hydrogens (primary N) is 1. The third-order valence-corrected chi connectivity index (χ3v) is 5.21. The maximum Gasteiger partial charge on any atom is 0.106 e. The number of benzene rings is 1. The predicted molar refractivity (Wildman–Crippen MR) is 137 cm³/mol. The molecular formula is C27H48N2O3. The molecule has 2 saturated carbocycles. The van der Waals surface area contributed by atoms with Crippen LogP contribution in [-0.4, -0.2) is 43.8 Å². The molecule has 2 aliphatic rings. The molecule has 0 heterocycles. The lowest BCUT2D eigenvalue weighted by atomic mass is 9.87. The van der Waals surface area contributed by atoms with E-state index in [1.54, 1.807) is 13.0 Å². The Morgan fingerprint density at radius 2 is 1.44 bits per heavy atom. The first-order valence-corrected chi connectivity index (χ1v) is 11.8. The normalized spacial score (nSPS) is 15.1. The molecule has 0 aliphatic heterocycles. The van der Waals surface area contributed by atoms with Gasteiger partial charge in [-0.25, -0.2) is 0 Å². The van der Waals surface area contributed by atoms with Crippen molar-refractivity contribution >= 4 is 6.79 Å². The second kappa shape index (κ2) is 27.1. The maximum absolute atomic E-state index is 8.10. The molecule has 0 atom stereocenters. The van der Waals surface area contributed by atoms with E-state index in [0.29, 0.717) is 13.4 Å². The maximum atomic E-state index is 8.10. The zero-order valence-electron chi connectivity index (χ0n) is 20.6. The van der Waals surface area contributed by atoms with E-state index in [2.05, 4.69) is 6.58 Å². The molecule has 32 heavy (non-hydrogen) atoms. The lowest BCUT2D eigenvalue weighted by Crippen LogP contribution is -2.28. The molecule has 0 saturated heterocycles. The van der Waals surface area contributed by atoms with Crippen LogP contribution in [0.4, 0.5) is 0 Å². The first-order valence-electron chi connectivity index (χ1n) is 11.8. The lowest BCUT2D eigenvalue weighted by molar-refractivity contribution is -0.0979.